The van der Waals surface area contributed by atoms with Gasteiger partial charge in [-0.3, -0.25) is 0 Å². The lowest BCUT2D eigenvalue weighted by Crippen LogP contribution is -2.48. The fraction of sp³-hybridized carbons (Fsp3) is 0.0222. The molecular weight excluding hydrogens is 659 g/mol. The lowest BCUT2D eigenvalue weighted by atomic mass is 9.60. The third kappa shape index (κ3) is 4.86. The minimum absolute atomic E-state index is 0.242. The molecule has 0 spiro atoms. The number of hydrogen-bond acceptors (Lipinski definition) is 2. The maximum atomic E-state index is 6.93. The van der Waals surface area contributed by atoms with Crippen molar-refractivity contribution in [3.63, 3.8) is 0 Å². The van der Waals surface area contributed by atoms with Gasteiger partial charge in [-0.1, -0.05) is 102 Å². The standard InChI is InChI=1S/C45H36B8O2/c46-37-34-32(24-10-4-5-11-25(24)33(35(34)38(47)42(51)41(37)50)36-39(48)43(52)44(53)40(36)49)26-13-7-15-29-31(26)27-14-6-12-23(45(27)55-29)21-16-17-28-22(18-21)19-30(54-28)20-8-2-1-3-9-20/h1-19,36H,46-53H2. The monoisotopic (exact) mass is 696 g/mol. The molecule has 55 heavy (non-hydrogen) atoms. The van der Waals surface area contributed by atoms with Crippen LogP contribution in [0.2, 0.25) is 0 Å². The van der Waals surface area contributed by atoms with E-state index in [1.807, 2.05) is 18.2 Å². The highest BCUT2D eigenvalue weighted by atomic mass is 16.3. The lowest BCUT2D eigenvalue weighted by Gasteiger charge is -2.28. The van der Waals surface area contributed by atoms with Crippen LogP contribution in [0.25, 0.3) is 88.0 Å². The Hall–Kier alpha value is -5.60. The van der Waals surface area contributed by atoms with Crippen LogP contribution in [0.3, 0.4) is 0 Å². The smallest absolute Gasteiger partial charge is 0.143 e. The Morgan fingerprint density at radius 1 is 0.436 bits per heavy atom. The second kappa shape index (κ2) is 12.5. The predicted octanol–water partition coefficient (Wildman–Crippen LogP) is 1.73. The number of rotatable bonds is 4. The maximum absolute atomic E-state index is 6.93. The van der Waals surface area contributed by atoms with E-state index in [0.29, 0.717) is 0 Å². The van der Waals surface area contributed by atoms with Crippen LogP contribution in [0.15, 0.2) is 146 Å². The van der Waals surface area contributed by atoms with E-state index in [4.69, 9.17) is 8.83 Å². The van der Waals surface area contributed by atoms with Crippen molar-refractivity contribution in [1.82, 2.24) is 0 Å². The average Bonchev–Trinajstić information content (AvgIpc) is 3.88. The fourth-order valence-corrected chi connectivity index (χ4v) is 9.77. The molecule has 10 heteroatoms. The Labute approximate surface area is 328 Å². The van der Waals surface area contributed by atoms with E-state index >= 15 is 0 Å². The van der Waals surface area contributed by atoms with E-state index in [-0.39, 0.29) is 5.92 Å². The van der Waals surface area contributed by atoms with Crippen LogP contribution >= 0.6 is 0 Å². The van der Waals surface area contributed by atoms with Crippen LogP contribution in [0, 0.1) is 0 Å². The Bertz CT molecular complexity index is 3170. The molecule has 0 unspecified atom stereocenters. The van der Waals surface area contributed by atoms with Gasteiger partial charge < -0.3 is 8.83 Å². The number of fused-ring (bicyclic) bond motifs is 6. The van der Waals surface area contributed by atoms with Gasteiger partial charge in [-0.2, -0.15) is 0 Å². The summed E-state index contributed by atoms with van der Waals surface area (Å²) in [6.45, 7) is 0. The first-order chi connectivity index (χ1) is 26.6. The molecule has 0 N–H and O–H groups in total. The fourth-order valence-electron chi connectivity index (χ4n) is 9.77. The van der Waals surface area contributed by atoms with E-state index in [2.05, 4.69) is 160 Å². The van der Waals surface area contributed by atoms with Crippen molar-refractivity contribution >= 4 is 139 Å². The molecule has 10 rings (SSSR count). The first-order valence-electron chi connectivity index (χ1n) is 19.5. The minimum Gasteiger partial charge on any atom is -0.456 e. The second-order valence-electron chi connectivity index (χ2n) is 15.8. The molecule has 9 aromatic rings. The minimum atomic E-state index is 0.242. The molecule has 2 nitrogen and oxygen atoms in total. The van der Waals surface area contributed by atoms with Crippen LogP contribution < -0.4 is 21.9 Å². The first-order valence-corrected chi connectivity index (χ1v) is 19.5. The van der Waals surface area contributed by atoms with Gasteiger partial charge in [0.05, 0.1) is 0 Å². The van der Waals surface area contributed by atoms with Gasteiger partial charge in [0, 0.05) is 33.2 Å². The highest BCUT2D eigenvalue weighted by Crippen LogP contribution is 2.49. The molecule has 0 atom stereocenters. The molecule has 0 aliphatic heterocycles. The highest BCUT2D eigenvalue weighted by Gasteiger charge is 2.31. The SMILES string of the molecule is BC1=C(B)C(c2c3ccccc3c(-c3cccc4oc5c(-c6ccc7oc(-c8ccccc8)cc7c6)cccc5c34)c3c(B)c(B)c(B)c(B)c23)C(B)=C1B. The van der Waals surface area contributed by atoms with Crippen LogP contribution in [-0.2, 0) is 0 Å². The predicted molar refractivity (Wildman–Crippen MR) is 258 cm³/mol. The van der Waals surface area contributed by atoms with E-state index in [1.165, 1.54) is 82.0 Å². The number of furan rings is 2. The van der Waals surface area contributed by atoms with Gasteiger partial charge in [0.1, 0.15) is 85.3 Å². The molecule has 2 heterocycles. The Kier molecular flexibility index (Phi) is 7.69. The number of para-hydroxylation sites is 1. The van der Waals surface area contributed by atoms with Crippen molar-refractivity contribution in [2.24, 2.45) is 0 Å². The molecule has 0 amide bonds. The van der Waals surface area contributed by atoms with Crippen LogP contribution in [-0.4, -0.2) is 62.8 Å². The topological polar surface area (TPSA) is 26.3 Å². The molecule has 7 aromatic carbocycles. The molecule has 0 bridgehead atoms. The molecule has 2 aromatic heterocycles. The largest absolute Gasteiger partial charge is 0.456 e. The molecule has 0 radical (unpaired) electrons. The maximum Gasteiger partial charge on any atom is 0.143 e. The summed E-state index contributed by atoms with van der Waals surface area (Å²) in [5, 5.41) is 8.72. The summed E-state index contributed by atoms with van der Waals surface area (Å²) in [6, 6.07) is 41.2. The van der Waals surface area contributed by atoms with Crippen molar-refractivity contribution in [2.45, 2.75) is 5.92 Å². The van der Waals surface area contributed by atoms with Gasteiger partial charge in [-0.15, -0.1) is 32.8 Å². The number of allylic oxidation sites excluding steroid dienone is 4. The van der Waals surface area contributed by atoms with E-state index in [1.54, 1.807) is 0 Å². The third-order valence-electron chi connectivity index (χ3n) is 13.3. The quantitative estimate of drug-likeness (QED) is 0.208. The summed E-state index contributed by atoms with van der Waals surface area (Å²) in [5.74, 6) is 1.11. The highest BCUT2D eigenvalue weighted by molar-refractivity contribution is 6.67. The van der Waals surface area contributed by atoms with Crippen molar-refractivity contribution in [2.75, 3.05) is 0 Å². The van der Waals surface area contributed by atoms with Gasteiger partial charge in [-0.05, 0) is 68.1 Å². The third-order valence-corrected chi connectivity index (χ3v) is 13.3. The van der Waals surface area contributed by atoms with Crippen molar-refractivity contribution < 1.29 is 8.83 Å². The normalized spacial score (nSPS) is 13.8. The molecule has 252 valence electrons. The van der Waals surface area contributed by atoms with Gasteiger partial charge in [0.25, 0.3) is 0 Å². The van der Waals surface area contributed by atoms with Gasteiger partial charge in [-0.25, -0.2) is 0 Å². The Morgan fingerprint density at radius 2 is 1.07 bits per heavy atom. The molecule has 0 fully saturated rings. The van der Waals surface area contributed by atoms with Gasteiger partial charge in [0.2, 0.25) is 0 Å². The zero-order chi connectivity index (χ0) is 37.9. The summed E-state index contributed by atoms with van der Waals surface area (Å²) >= 11 is 0. The van der Waals surface area contributed by atoms with Crippen LogP contribution in [0.5, 0.6) is 0 Å². The number of benzene rings is 7. The van der Waals surface area contributed by atoms with Crippen molar-refractivity contribution in [3.8, 4) is 33.6 Å². The van der Waals surface area contributed by atoms with E-state index in [9.17, 15) is 0 Å². The number of hydrogen-bond donors (Lipinski definition) is 0. The summed E-state index contributed by atoms with van der Waals surface area (Å²) in [6.07, 6.45) is 0. The zero-order valence-electron chi connectivity index (χ0n) is 32.9. The van der Waals surface area contributed by atoms with Crippen LogP contribution in [0.4, 0.5) is 0 Å². The Morgan fingerprint density at radius 3 is 1.82 bits per heavy atom. The molecule has 1 aliphatic carbocycles. The average molecular weight is 695 g/mol. The zero-order valence-corrected chi connectivity index (χ0v) is 32.9. The second-order valence-corrected chi connectivity index (χ2v) is 15.8. The molecule has 1 aliphatic rings. The summed E-state index contributed by atoms with van der Waals surface area (Å²) in [4.78, 5) is 0. The van der Waals surface area contributed by atoms with Crippen LogP contribution in [0.1, 0.15) is 11.5 Å². The summed E-state index contributed by atoms with van der Waals surface area (Å²) in [7, 11) is 18.6. The molecule has 0 saturated heterocycles. The lowest BCUT2D eigenvalue weighted by molar-refractivity contribution is 0.631. The first kappa shape index (κ1) is 33.9. The molecular formula is C45H36B8O2. The van der Waals surface area contributed by atoms with Gasteiger partial charge >= 0.3 is 0 Å². The summed E-state index contributed by atoms with van der Waals surface area (Å²) < 4.78 is 13.2. The van der Waals surface area contributed by atoms with Crippen molar-refractivity contribution in [3.05, 3.63) is 143 Å². The molecule has 0 saturated carbocycles. The van der Waals surface area contributed by atoms with E-state index in [0.717, 1.165) is 55.4 Å². The van der Waals surface area contributed by atoms with E-state index < -0.39 is 0 Å². The van der Waals surface area contributed by atoms with Crippen molar-refractivity contribution in [1.29, 1.82) is 0 Å². The summed E-state index contributed by atoms with van der Waals surface area (Å²) in [5.41, 5.74) is 21.1. The Balaban J connectivity index is 1.27. The van der Waals surface area contributed by atoms with Gasteiger partial charge in [0.15, 0.2) is 0 Å².